The Morgan fingerprint density at radius 2 is 2.36 bits per heavy atom. The van der Waals surface area contributed by atoms with Crippen molar-refractivity contribution in [3.63, 3.8) is 0 Å². The van der Waals surface area contributed by atoms with E-state index in [0.717, 1.165) is 5.03 Å². The van der Waals surface area contributed by atoms with E-state index >= 15 is 0 Å². The Kier molecular flexibility index (Phi) is 2.78. The highest BCUT2D eigenvalue weighted by molar-refractivity contribution is 8.68. The van der Waals surface area contributed by atoms with Crippen LogP contribution in [0.1, 0.15) is 10.4 Å². The average molecular weight is 186 g/mol. The molecule has 1 aromatic rings. The van der Waals surface area contributed by atoms with Crippen molar-refractivity contribution in [3.8, 4) is 0 Å². The van der Waals surface area contributed by atoms with Crippen LogP contribution in [-0.4, -0.2) is 10.9 Å². The van der Waals surface area contributed by atoms with Crippen molar-refractivity contribution in [1.29, 1.82) is 0 Å². The van der Waals surface area contributed by atoms with Gasteiger partial charge in [-0.05, 0) is 22.9 Å². The molecule has 5 heteroatoms. The van der Waals surface area contributed by atoms with Gasteiger partial charge in [0.05, 0.1) is 5.56 Å². The topological polar surface area (TPSA) is 56.0 Å². The lowest BCUT2D eigenvalue weighted by molar-refractivity contribution is 0.1000. The molecule has 0 unspecified atom stereocenters. The normalized spacial score (nSPS) is 9.55. The quantitative estimate of drug-likeness (QED) is 0.537. The lowest BCUT2D eigenvalue weighted by atomic mass is 10.3. The maximum atomic E-state index is 10.6. The minimum Gasteiger partial charge on any atom is -0.366 e. The summed E-state index contributed by atoms with van der Waals surface area (Å²) in [4.78, 5) is 14.5. The maximum absolute atomic E-state index is 10.6. The van der Waals surface area contributed by atoms with Gasteiger partial charge in [0.1, 0.15) is 5.03 Å². The number of hydrogen-bond acceptors (Lipinski definition) is 4. The van der Waals surface area contributed by atoms with Crippen LogP contribution >= 0.6 is 22.5 Å². The minimum atomic E-state index is -0.465. The lowest BCUT2D eigenvalue weighted by Gasteiger charge is -1.94. The molecular weight excluding hydrogens is 180 g/mol. The first-order valence-electron chi connectivity index (χ1n) is 2.81. The first-order valence-corrected chi connectivity index (χ1v) is 4.68. The molecule has 0 bridgehead atoms. The maximum Gasteiger partial charge on any atom is 0.250 e. The van der Waals surface area contributed by atoms with E-state index in [2.05, 4.69) is 16.6 Å². The Morgan fingerprint density at radius 1 is 1.64 bits per heavy atom. The van der Waals surface area contributed by atoms with E-state index < -0.39 is 5.91 Å². The van der Waals surface area contributed by atoms with Crippen LogP contribution in [-0.2, 0) is 0 Å². The first-order chi connectivity index (χ1) is 5.24. The standard InChI is InChI=1S/C6H6N2OS2/c7-6(9)4-1-2-5(11-10)8-3-4/h1-3,10H,(H2,7,9). The number of pyridine rings is 1. The molecule has 0 radical (unpaired) electrons. The number of thiol groups is 1. The number of primary amides is 1. The van der Waals surface area contributed by atoms with Crippen molar-refractivity contribution in [2.24, 2.45) is 5.73 Å². The van der Waals surface area contributed by atoms with Gasteiger partial charge in [0.15, 0.2) is 0 Å². The molecule has 58 valence electrons. The van der Waals surface area contributed by atoms with Gasteiger partial charge < -0.3 is 5.73 Å². The fraction of sp³-hybridized carbons (Fsp3) is 0. The number of carbonyl (C=O) groups is 1. The van der Waals surface area contributed by atoms with E-state index in [9.17, 15) is 4.79 Å². The Labute approximate surface area is 73.2 Å². The molecule has 11 heavy (non-hydrogen) atoms. The summed E-state index contributed by atoms with van der Waals surface area (Å²) >= 11 is 3.93. The smallest absolute Gasteiger partial charge is 0.250 e. The molecule has 0 spiro atoms. The molecule has 1 rings (SSSR count). The van der Waals surface area contributed by atoms with Crippen LogP contribution in [0.5, 0.6) is 0 Å². The molecular formula is C6H6N2OS2. The van der Waals surface area contributed by atoms with Gasteiger partial charge in [-0.15, -0.1) is 11.7 Å². The van der Waals surface area contributed by atoms with Crippen LogP contribution < -0.4 is 5.73 Å². The second kappa shape index (κ2) is 3.64. The fourth-order valence-electron chi connectivity index (χ4n) is 0.580. The predicted molar refractivity (Wildman–Crippen MR) is 47.6 cm³/mol. The Bertz CT molecular complexity index is 260. The zero-order chi connectivity index (χ0) is 8.27. The summed E-state index contributed by atoms with van der Waals surface area (Å²) in [6, 6.07) is 3.31. The number of nitrogens with zero attached hydrogens (tertiary/aromatic N) is 1. The first kappa shape index (κ1) is 8.42. The van der Waals surface area contributed by atoms with E-state index in [4.69, 9.17) is 5.73 Å². The summed E-state index contributed by atoms with van der Waals surface area (Å²) < 4.78 is 0. The molecule has 0 aromatic carbocycles. The molecule has 0 saturated carbocycles. The third kappa shape index (κ3) is 2.13. The second-order valence-corrected chi connectivity index (χ2v) is 2.99. The number of carbonyl (C=O) groups excluding carboxylic acids is 1. The molecule has 0 saturated heterocycles. The van der Waals surface area contributed by atoms with E-state index in [-0.39, 0.29) is 0 Å². The zero-order valence-electron chi connectivity index (χ0n) is 5.52. The number of hydrogen-bond donors (Lipinski definition) is 2. The molecule has 0 aliphatic rings. The molecule has 1 heterocycles. The van der Waals surface area contributed by atoms with Gasteiger partial charge in [-0.2, -0.15) is 0 Å². The predicted octanol–water partition coefficient (Wildman–Crippen LogP) is 1.12. The molecule has 2 N–H and O–H groups in total. The third-order valence-corrected chi connectivity index (χ3v) is 2.10. The lowest BCUT2D eigenvalue weighted by Crippen LogP contribution is -2.10. The van der Waals surface area contributed by atoms with Gasteiger partial charge in [0.2, 0.25) is 5.91 Å². The monoisotopic (exact) mass is 186 g/mol. The summed E-state index contributed by atoms with van der Waals surface area (Å²) in [7, 11) is 1.22. The fourth-order valence-corrected chi connectivity index (χ4v) is 1.13. The highest BCUT2D eigenvalue weighted by Crippen LogP contribution is 2.17. The number of rotatable bonds is 2. The molecule has 0 fully saturated rings. The Hall–Kier alpha value is -0.680. The van der Waals surface area contributed by atoms with Gasteiger partial charge in [-0.3, -0.25) is 4.79 Å². The molecule has 1 aromatic heterocycles. The van der Waals surface area contributed by atoms with Crippen molar-refractivity contribution in [3.05, 3.63) is 23.9 Å². The van der Waals surface area contributed by atoms with Crippen molar-refractivity contribution < 1.29 is 4.79 Å². The van der Waals surface area contributed by atoms with Crippen molar-refractivity contribution in [2.75, 3.05) is 0 Å². The van der Waals surface area contributed by atoms with Crippen LogP contribution in [0.2, 0.25) is 0 Å². The van der Waals surface area contributed by atoms with Crippen LogP contribution in [0, 0.1) is 0 Å². The van der Waals surface area contributed by atoms with Gasteiger partial charge >= 0.3 is 0 Å². The van der Waals surface area contributed by atoms with Gasteiger partial charge in [-0.1, -0.05) is 0 Å². The largest absolute Gasteiger partial charge is 0.366 e. The molecule has 0 atom stereocenters. The van der Waals surface area contributed by atoms with Crippen LogP contribution in [0.3, 0.4) is 0 Å². The molecule has 0 aliphatic carbocycles. The number of aromatic nitrogens is 1. The average Bonchev–Trinajstić information content (AvgIpc) is 2.05. The zero-order valence-corrected chi connectivity index (χ0v) is 7.23. The van der Waals surface area contributed by atoms with E-state index in [1.54, 1.807) is 12.1 Å². The van der Waals surface area contributed by atoms with Gasteiger partial charge in [-0.25, -0.2) is 4.98 Å². The van der Waals surface area contributed by atoms with Crippen molar-refractivity contribution in [2.45, 2.75) is 5.03 Å². The highest BCUT2D eigenvalue weighted by atomic mass is 33.1. The van der Waals surface area contributed by atoms with E-state index in [0.29, 0.717) is 5.56 Å². The summed E-state index contributed by atoms with van der Waals surface area (Å²) in [5, 5.41) is 0.748. The molecule has 1 amide bonds. The SMILES string of the molecule is NC(=O)c1ccc(SS)nc1. The summed E-state index contributed by atoms with van der Waals surface area (Å²) in [5.41, 5.74) is 5.41. The minimum absolute atomic E-state index is 0.413. The van der Waals surface area contributed by atoms with Crippen LogP contribution in [0.4, 0.5) is 0 Å². The summed E-state index contributed by atoms with van der Waals surface area (Å²) in [6.45, 7) is 0. The van der Waals surface area contributed by atoms with Crippen LogP contribution in [0.25, 0.3) is 0 Å². The highest BCUT2D eigenvalue weighted by Gasteiger charge is 1.99. The van der Waals surface area contributed by atoms with E-state index in [1.165, 1.54) is 17.0 Å². The number of nitrogens with two attached hydrogens (primary N) is 1. The number of amides is 1. The van der Waals surface area contributed by atoms with E-state index in [1.807, 2.05) is 0 Å². The molecule has 0 aliphatic heterocycles. The molecule has 3 nitrogen and oxygen atoms in total. The summed E-state index contributed by atoms with van der Waals surface area (Å²) in [5.74, 6) is -0.465. The van der Waals surface area contributed by atoms with Crippen molar-refractivity contribution in [1.82, 2.24) is 4.98 Å². The Morgan fingerprint density at radius 3 is 2.73 bits per heavy atom. The van der Waals surface area contributed by atoms with Gasteiger partial charge in [0, 0.05) is 6.20 Å². The Balaban J connectivity index is 2.91. The van der Waals surface area contributed by atoms with Crippen molar-refractivity contribution >= 4 is 28.4 Å². The van der Waals surface area contributed by atoms with Crippen LogP contribution in [0.15, 0.2) is 23.4 Å². The third-order valence-electron chi connectivity index (χ3n) is 1.11. The van der Waals surface area contributed by atoms with Gasteiger partial charge in [0.25, 0.3) is 0 Å². The summed E-state index contributed by atoms with van der Waals surface area (Å²) in [6.07, 6.45) is 1.43. The second-order valence-electron chi connectivity index (χ2n) is 1.84.